The molecule has 0 bridgehead atoms. The normalized spacial score (nSPS) is 19.2. The van der Waals surface area contributed by atoms with Gasteiger partial charge in [0.25, 0.3) is 0 Å². The van der Waals surface area contributed by atoms with Crippen molar-refractivity contribution in [3.63, 3.8) is 0 Å². The number of carbonyl (C=O) groups excluding carboxylic acids is 1. The maximum atomic E-state index is 12.7. The summed E-state index contributed by atoms with van der Waals surface area (Å²) in [7, 11) is 0. The number of pyridine rings is 1. The van der Waals surface area contributed by atoms with Gasteiger partial charge in [-0.2, -0.15) is 0 Å². The minimum Gasteiger partial charge on any atom is -0.364 e. The Labute approximate surface area is 210 Å². The number of aromatic nitrogens is 4. The monoisotopic (exact) mass is 536 g/mol. The third-order valence-corrected chi connectivity index (χ3v) is 7.22. The van der Waals surface area contributed by atoms with Crippen LogP contribution < -0.4 is 10.6 Å². The van der Waals surface area contributed by atoms with E-state index in [4.69, 9.17) is 16.6 Å². The van der Waals surface area contributed by atoms with Gasteiger partial charge in [-0.25, -0.2) is 15.0 Å². The van der Waals surface area contributed by atoms with Crippen molar-refractivity contribution in [2.24, 2.45) is 5.92 Å². The number of rotatable bonds is 7. The second-order valence-electron chi connectivity index (χ2n) is 8.99. The standard InChI is InChI=1S/C25H22BrClN6O/c26-21-7-16(14-4-5-14)11-33-12-18(31-24(21)33)10-28-22-9-23(30-13-29-22)32-25(34)20-8-19(20)15-2-1-3-17(27)6-15/h1-3,6-7,9,11-14,19-20H,4-5,8,10H2,(H2,28,29,30,32,34)/t19?,20-/m0/s1. The van der Waals surface area contributed by atoms with Crippen molar-refractivity contribution in [1.29, 1.82) is 0 Å². The Morgan fingerprint density at radius 3 is 2.79 bits per heavy atom. The number of hydrogen-bond acceptors (Lipinski definition) is 5. The number of nitrogens with zero attached hydrogens (tertiary/aromatic N) is 4. The minimum atomic E-state index is -0.0678. The lowest BCUT2D eigenvalue weighted by molar-refractivity contribution is -0.117. The zero-order chi connectivity index (χ0) is 23.2. The van der Waals surface area contributed by atoms with Crippen LogP contribution in [0.15, 0.2) is 59.6 Å². The van der Waals surface area contributed by atoms with Gasteiger partial charge in [-0.1, -0.05) is 23.7 Å². The van der Waals surface area contributed by atoms with Crippen LogP contribution in [0.2, 0.25) is 5.02 Å². The van der Waals surface area contributed by atoms with Gasteiger partial charge in [-0.15, -0.1) is 0 Å². The average molecular weight is 538 g/mol. The van der Waals surface area contributed by atoms with E-state index in [0.29, 0.717) is 29.1 Å². The molecule has 7 nitrogen and oxygen atoms in total. The number of nitrogens with one attached hydrogen (secondary N) is 2. The van der Waals surface area contributed by atoms with Gasteiger partial charge in [0.1, 0.15) is 18.0 Å². The van der Waals surface area contributed by atoms with Crippen LogP contribution in [-0.4, -0.2) is 25.3 Å². The molecule has 2 aliphatic carbocycles. The second kappa shape index (κ2) is 8.67. The van der Waals surface area contributed by atoms with Gasteiger partial charge in [-0.3, -0.25) is 4.79 Å². The Bertz CT molecular complexity index is 1400. The van der Waals surface area contributed by atoms with Crippen molar-refractivity contribution >= 4 is 50.7 Å². The molecule has 0 aliphatic heterocycles. The van der Waals surface area contributed by atoms with E-state index in [0.717, 1.165) is 27.8 Å². The Morgan fingerprint density at radius 1 is 1.12 bits per heavy atom. The topological polar surface area (TPSA) is 84.2 Å². The van der Waals surface area contributed by atoms with Crippen LogP contribution in [0.1, 0.15) is 47.9 Å². The number of hydrogen-bond donors (Lipinski definition) is 2. The van der Waals surface area contributed by atoms with Crippen LogP contribution in [0.3, 0.4) is 0 Å². The van der Waals surface area contributed by atoms with E-state index < -0.39 is 0 Å². The molecule has 2 atom stereocenters. The van der Waals surface area contributed by atoms with E-state index >= 15 is 0 Å². The summed E-state index contributed by atoms with van der Waals surface area (Å²) < 4.78 is 3.08. The van der Waals surface area contributed by atoms with E-state index in [-0.39, 0.29) is 17.7 Å². The fourth-order valence-electron chi connectivity index (χ4n) is 4.37. The maximum absolute atomic E-state index is 12.7. The van der Waals surface area contributed by atoms with Gasteiger partial charge in [0, 0.05) is 29.4 Å². The summed E-state index contributed by atoms with van der Waals surface area (Å²) in [6.07, 6.45) is 8.98. The highest BCUT2D eigenvalue weighted by molar-refractivity contribution is 9.10. The van der Waals surface area contributed by atoms with E-state index in [2.05, 4.69) is 53.2 Å². The predicted molar refractivity (Wildman–Crippen MR) is 135 cm³/mol. The summed E-state index contributed by atoms with van der Waals surface area (Å²) in [4.78, 5) is 25.9. The summed E-state index contributed by atoms with van der Waals surface area (Å²) >= 11 is 9.74. The Hall–Kier alpha value is -2.97. The van der Waals surface area contributed by atoms with Crippen molar-refractivity contribution in [3.05, 3.63) is 81.4 Å². The molecule has 34 heavy (non-hydrogen) atoms. The highest BCUT2D eigenvalue weighted by Gasteiger charge is 2.44. The first-order valence-corrected chi connectivity index (χ1v) is 12.5. The van der Waals surface area contributed by atoms with Crippen LogP contribution in [-0.2, 0) is 11.3 Å². The Kier molecular flexibility index (Phi) is 5.50. The van der Waals surface area contributed by atoms with Crippen LogP contribution >= 0.6 is 27.5 Å². The lowest BCUT2D eigenvalue weighted by Crippen LogP contribution is -2.16. The number of carbonyl (C=O) groups is 1. The molecule has 3 aromatic heterocycles. The van der Waals surface area contributed by atoms with Gasteiger partial charge >= 0.3 is 0 Å². The smallest absolute Gasteiger partial charge is 0.229 e. The molecule has 9 heteroatoms. The van der Waals surface area contributed by atoms with E-state index in [9.17, 15) is 4.79 Å². The van der Waals surface area contributed by atoms with Crippen molar-refractivity contribution in [2.75, 3.05) is 10.6 Å². The molecule has 2 aliphatic rings. The zero-order valence-electron chi connectivity index (χ0n) is 18.2. The largest absolute Gasteiger partial charge is 0.364 e. The quantitative estimate of drug-likeness (QED) is 0.313. The van der Waals surface area contributed by atoms with E-state index in [1.54, 1.807) is 6.07 Å². The number of fused-ring (bicyclic) bond motifs is 1. The maximum Gasteiger partial charge on any atom is 0.229 e. The molecule has 2 saturated carbocycles. The molecule has 172 valence electrons. The van der Waals surface area contributed by atoms with Crippen LogP contribution in [0.5, 0.6) is 0 Å². The van der Waals surface area contributed by atoms with Gasteiger partial charge < -0.3 is 15.0 Å². The minimum absolute atomic E-state index is 0.0358. The molecular formula is C25H22BrClN6O. The number of imidazole rings is 1. The summed E-state index contributed by atoms with van der Waals surface area (Å²) in [6.45, 7) is 0.511. The molecule has 2 N–H and O–H groups in total. The number of benzene rings is 1. The van der Waals surface area contributed by atoms with Gasteiger partial charge in [0.15, 0.2) is 5.65 Å². The highest BCUT2D eigenvalue weighted by atomic mass is 79.9. The summed E-state index contributed by atoms with van der Waals surface area (Å²) in [5.74, 6) is 1.88. The predicted octanol–water partition coefficient (Wildman–Crippen LogP) is 5.77. The molecule has 6 rings (SSSR count). The first-order chi connectivity index (χ1) is 16.5. The molecule has 0 saturated heterocycles. The fourth-order valence-corrected chi connectivity index (χ4v) is 5.12. The van der Waals surface area contributed by atoms with Crippen molar-refractivity contribution in [1.82, 2.24) is 19.4 Å². The molecule has 3 heterocycles. The molecule has 1 unspecified atom stereocenters. The summed E-state index contributed by atoms with van der Waals surface area (Å²) in [5, 5.41) is 6.89. The highest BCUT2D eigenvalue weighted by Crippen LogP contribution is 2.48. The average Bonchev–Trinajstić information content (AvgIpc) is 3.74. The fraction of sp³-hybridized carbons (Fsp3) is 0.280. The Morgan fingerprint density at radius 2 is 1.97 bits per heavy atom. The molecule has 1 aromatic carbocycles. The van der Waals surface area contributed by atoms with Crippen LogP contribution in [0.25, 0.3) is 5.65 Å². The van der Waals surface area contributed by atoms with E-state index in [1.807, 2.05) is 30.5 Å². The lowest BCUT2D eigenvalue weighted by Gasteiger charge is -2.07. The SMILES string of the molecule is O=C(Nc1cc(NCc2cn3cc(C4CC4)cc(Br)c3n2)ncn1)[C@H]1CC1c1cccc(Cl)c1. The molecule has 4 aromatic rings. The van der Waals surface area contributed by atoms with Gasteiger partial charge in [0.05, 0.1) is 16.7 Å². The number of anilines is 2. The van der Waals surface area contributed by atoms with Crippen molar-refractivity contribution in [2.45, 2.75) is 37.6 Å². The molecule has 1 amide bonds. The van der Waals surface area contributed by atoms with Crippen LogP contribution in [0, 0.1) is 5.92 Å². The van der Waals surface area contributed by atoms with Crippen molar-refractivity contribution in [3.8, 4) is 0 Å². The molecule has 0 spiro atoms. The third kappa shape index (κ3) is 4.52. The zero-order valence-corrected chi connectivity index (χ0v) is 20.6. The van der Waals surface area contributed by atoms with Crippen molar-refractivity contribution < 1.29 is 4.79 Å². The second-order valence-corrected chi connectivity index (χ2v) is 10.3. The lowest BCUT2D eigenvalue weighted by atomic mass is 10.1. The Balaban J connectivity index is 1.09. The third-order valence-electron chi connectivity index (χ3n) is 6.40. The number of halogens is 2. The number of amides is 1. The first-order valence-electron chi connectivity index (χ1n) is 11.3. The summed E-state index contributed by atoms with van der Waals surface area (Å²) in [6, 6.07) is 11.6. The molecule has 2 fully saturated rings. The first kappa shape index (κ1) is 21.6. The van der Waals surface area contributed by atoms with Gasteiger partial charge in [0.2, 0.25) is 5.91 Å². The summed E-state index contributed by atoms with van der Waals surface area (Å²) in [5.41, 5.74) is 4.25. The van der Waals surface area contributed by atoms with E-state index in [1.165, 1.54) is 24.7 Å². The van der Waals surface area contributed by atoms with Gasteiger partial charge in [-0.05, 0) is 76.4 Å². The van der Waals surface area contributed by atoms with Crippen LogP contribution in [0.4, 0.5) is 11.6 Å². The molecular weight excluding hydrogens is 516 g/mol. The molecule has 0 radical (unpaired) electrons.